The number of rotatable bonds is 1. The predicted molar refractivity (Wildman–Crippen MR) is 77.8 cm³/mol. The number of amides is 1. The van der Waals surface area contributed by atoms with Gasteiger partial charge >= 0.3 is 0 Å². The minimum absolute atomic E-state index is 0.0976. The minimum Gasteiger partial charge on any atom is -0.310 e. The number of nitrogens with zero attached hydrogens (tertiary/aromatic N) is 1. The molecule has 2 aromatic rings. The van der Waals surface area contributed by atoms with Gasteiger partial charge in [0.15, 0.2) is 0 Å². The average molecular weight is 264 g/mol. The third-order valence-corrected chi connectivity index (χ3v) is 4.65. The number of carbonyl (C=O) groups excluding carboxylic acids is 1. The highest BCUT2D eigenvalue weighted by atomic mass is 16.2. The van der Waals surface area contributed by atoms with E-state index in [1.807, 2.05) is 12.1 Å². The van der Waals surface area contributed by atoms with Crippen molar-refractivity contribution in [3.8, 4) is 0 Å². The van der Waals surface area contributed by atoms with Gasteiger partial charge in [0.05, 0.1) is 5.41 Å². The summed E-state index contributed by atoms with van der Waals surface area (Å²) >= 11 is 0. The summed E-state index contributed by atoms with van der Waals surface area (Å²) in [6.07, 6.45) is 4.34. The first kappa shape index (κ1) is 11.6. The summed E-state index contributed by atoms with van der Waals surface area (Å²) in [4.78, 5) is 16.8. The van der Waals surface area contributed by atoms with Crippen molar-refractivity contribution in [3.05, 3.63) is 58.8 Å². The van der Waals surface area contributed by atoms with Crippen molar-refractivity contribution in [1.82, 2.24) is 4.98 Å². The number of hydrogen-bond acceptors (Lipinski definition) is 2. The Labute approximate surface area is 118 Å². The molecular formula is C17H16N2O. The molecule has 1 aromatic heterocycles. The van der Waals surface area contributed by atoms with Crippen molar-refractivity contribution in [2.45, 2.75) is 31.6 Å². The molecule has 4 rings (SSSR count). The Morgan fingerprint density at radius 3 is 2.95 bits per heavy atom. The van der Waals surface area contributed by atoms with Crippen molar-refractivity contribution in [3.63, 3.8) is 0 Å². The van der Waals surface area contributed by atoms with Crippen LogP contribution >= 0.6 is 0 Å². The minimum atomic E-state index is -0.432. The van der Waals surface area contributed by atoms with Crippen molar-refractivity contribution in [1.29, 1.82) is 0 Å². The van der Waals surface area contributed by atoms with E-state index in [1.54, 1.807) is 6.20 Å². The summed E-state index contributed by atoms with van der Waals surface area (Å²) in [5, 5.41) is 2.94. The van der Waals surface area contributed by atoms with Crippen LogP contribution in [0.1, 0.15) is 29.2 Å². The number of nitrogens with one attached hydrogen (secondary N) is 1. The van der Waals surface area contributed by atoms with E-state index < -0.39 is 5.41 Å². The fourth-order valence-electron chi connectivity index (χ4n) is 3.54. The second kappa shape index (κ2) is 3.92. The number of aryl methyl sites for hydroxylation is 1. The number of hydrogen-bond donors (Lipinski definition) is 1. The van der Waals surface area contributed by atoms with Gasteiger partial charge in [0.1, 0.15) is 5.82 Å². The summed E-state index contributed by atoms with van der Waals surface area (Å²) < 4.78 is 0. The largest absolute Gasteiger partial charge is 0.310 e. The lowest BCUT2D eigenvalue weighted by Crippen LogP contribution is -2.35. The fourth-order valence-corrected chi connectivity index (χ4v) is 3.54. The average Bonchev–Trinajstić information content (AvgIpc) is 2.98. The first-order valence-corrected chi connectivity index (χ1v) is 7.10. The predicted octanol–water partition coefficient (Wildman–Crippen LogP) is 2.63. The van der Waals surface area contributed by atoms with E-state index in [2.05, 4.69) is 35.4 Å². The number of pyridine rings is 1. The van der Waals surface area contributed by atoms with Gasteiger partial charge in [0.25, 0.3) is 0 Å². The molecule has 1 spiro atoms. The van der Waals surface area contributed by atoms with Gasteiger partial charge in [0, 0.05) is 11.8 Å². The van der Waals surface area contributed by atoms with E-state index in [9.17, 15) is 4.79 Å². The van der Waals surface area contributed by atoms with Crippen molar-refractivity contribution in [2.24, 2.45) is 0 Å². The van der Waals surface area contributed by atoms with Crippen LogP contribution in [0.5, 0.6) is 0 Å². The zero-order valence-corrected chi connectivity index (χ0v) is 11.4. The second-order valence-corrected chi connectivity index (χ2v) is 5.75. The second-order valence-electron chi connectivity index (χ2n) is 5.75. The lowest BCUT2D eigenvalue weighted by Gasteiger charge is -2.20. The van der Waals surface area contributed by atoms with Gasteiger partial charge in [-0.2, -0.15) is 0 Å². The number of fused-ring (bicyclic) bond motifs is 3. The zero-order valence-electron chi connectivity index (χ0n) is 11.4. The highest BCUT2D eigenvalue weighted by Crippen LogP contribution is 2.46. The lowest BCUT2D eigenvalue weighted by atomic mass is 9.79. The Morgan fingerprint density at radius 1 is 1.25 bits per heavy atom. The first-order valence-electron chi connectivity index (χ1n) is 7.10. The standard InChI is InChI=1S/C17H16N2O/c1-2-11-5-6-12-9-17(10-13(12)8-11)14-4-3-7-18-15(14)19-16(17)20/h3-8H,2,9-10H2,1H3,(H,18,19,20). The summed E-state index contributed by atoms with van der Waals surface area (Å²) in [6, 6.07) is 10.6. The molecule has 2 heterocycles. The molecule has 1 N–H and O–H groups in total. The molecule has 1 aliphatic carbocycles. The third kappa shape index (κ3) is 1.40. The van der Waals surface area contributed by atoms with Crippen LogP contribution in [0.3, 0.4) is 0 Å². The van der Waals surface area contributed by atoms with Gasteiger partial charge < -0.3 is 5.32 Å². The molecule has 1 amide bonds. The maximum Gasteiger partial charge on any atom is 0.237 e. The van der Waals surface area contributed by atoms with Crippen LogP contribution in [-0.4, -0.2) is 10.9 Å². The molecule has 20 heavy (non-hydrogen) atoms. The molecule has 3 heteroatoms. The molecule has 1 aromatic carbocycles. The zero-order chi connectivity index (χ0) is 13.7. The molecule has 0 radical (unpaired) electrons. The molecule has 2 aliphatic rings. The number of carbonyl (C=O) groups is 1. The lowest BCUT2D eigenvalue weighted by molar-refractivity contribution is -0.120. The summed E-state index contributed by atoms with van der Waals surface area (Å²) in [5.74, 6) is 0.835. The maximum atomic E-state index is 12.5. The van der Waals surface area contributed by atoms with Crippen LogP contribution < -0.4 is 5.32 Å². The molecule has 1 aliphatic heterocycles. The number of aromatic nitrogens is 1. The van der Waals surface area contributed by atoms with E-state index in [1.165, 1.54) is 16.7 Å². The molecule has 100 valence electrons. The van der Waals surface area contributed by atoms with Gasteiger partial charge in [-0.05, 0) is 42.0 Å². The van der Waals surface area contributed by atoms with Gasteiger partial charge in [-0.25, -0.2) is 4.98 Å². The normalized spacial score (nSPS) is 22.8. The smallest absolute Gasteiger partial charge is 0.237 e. The molecule has 0 fully saturated rings. The van der Waals surface area contributed by atoms with Crippen LogP contribution in [0.15, 0.2) is 36.5 Å². The SMILES string of the molecule is CCc1ccc2c(c1)CC1(C2)C(=O)Nc2ncccc21. The highest BCUT2D eigenvalue weighted by Gasteiger charge is 2.50. The topological polar surface area (TPSA) is 42.0 Å². The Bertz CT molecular complexity index is 723. The fraction of sp³-hybridized carbons (Fsp3) is 0.294. The summed E-state index contributed by atoms with van der Waals surface area (Å²) in [7, 11) is 0. The van der Waals surface area contributed by atoms with E-state index in [0.717, 1.165) is 30.6 Å². The Hall–Kier alpha value is -2.16. The number of benzene rings is 1. The van der Waals surface area contributed by atoms with E-state index in [4.69, 9.17) is 0 Å². The molecular weight excluding hydrogens is 248 g/mol. The summed E-state index contributed by atoms with van der Waals surface area (Å²) in [5.41, 5.74) is 4.58. The Balaban J connectivity index is 1.83. The van der Waals surface area contributed by atoms with Crippen LogP contribution in [0.4, 0.5) is 5.82 Å². The number of anilines is 1. The molecule has 0 bridgehead atoms. The Morgan fingerprint density at radius 2 is 2.10 bits per heavy atom. The molecule has 1 atom stereocenters. The molecule has 3 nitrogen and oxygen atoms in total. The van der Waals surface area contributed by atoms with Crippen LogP contribution in [-0.2, 0) is 29.5 Å². The molecule has 0 saturated carbocycles. The van der Waals surface area contributed by atoms with Gasteiger partial charge in [-0.15, -0.1) is 0 Å². The third-order valence-electron chi connectivity index (χ3n) is 4.65. The first-order chi connectivity index (χ1) is 9.73. The van der Waals surface area contributed by atoms with Gasteiger partial charge in [0.2, 0.25) is 5.91 Å². The van der Waals surface area contributed by atoms with Crippen molar-refractivity contribution in [2.75, 3.05) is 5.32 Å². The molecule has 0 saturated heterocycles. The highest BCUT2D eigenvalue weighted by molar-refractivity contribution is 6.06. The Kier molecular flexibility index (Phi) is 2.28. The molecule has 1 unspecified atom stereocenters. The van der Waals surface area contributed by atoms with Crippen molar-refractivity contribution < 1.29 is 4.79 Å². The quantitative estimate of drug-likeness (QED) is 0.860. The summed E-state index contributed by atoms with van der Waals surface area (Å²) in [6.45, 7) is 2.16. The van der Waals surface area contributed by atoms with E-state index in [-0.39, 0.29) is 5.91 Å². The van der Waals surface area contributed by atoms with Crippen LogP contribution in [0, 0.1) is 0 Å². The van der Waals surface area contributed by atoms with Gasteiger partial charge in [-0.3, -0.25) is 4.79 Å². The van der Waals surface area contributed by atoms with E-state index >= 15 is 0 Å². The monoisotopic (exact) mass is 264 g/mol. The van der Waals surface area contributed by atoms with E-state index in [0.29, 0.717) is 0 Å². The van der Waals surface area contributed by atoms with Crippen molar-refractivity contribution >= 4 is 11.7 Å². The maximum absolute atomic E-state index is 12.5. The van der Waals surface area contributed by atoms with Crippen LogP contribution in [0.2, 0.25) is 0 Å². The van der Waals surface area contributed by atoms with Crippen LogP contribution in [0.25, 0.3) is 0 Å². The van der Waals surface area contributed by atoms with Gasteiger partial charge in [-0.1, -0.05) is 31.2 Å².